The van der Waals surface area contributed by atoms with Crippen molar-refractivity contribution in [1.29, 1.82) is 0 Å². The second-order valence-electron chi connectivity index (χ2n) is 6.05. The minimum atomic E-state index is -3.45. The highest BCUT2D eigenvalue weighted by Gasteiger charge is 2.23. The summed E-state index contributed by atoms with van der Waals surface area (Å²) in [5, 5.41) is 0. The molecule has 2 aromatic rings. The molecule has 24 heavy (non-hydrogen) atoms. The van der Waals surface area contributed by atoms with Gasteiger partial charge < -0.3 is 9.47 Å². The van der Waals surface area contributed by atoms with E-state index >= 15 is 0 Å². The summed E-state index contributed by atoms with van der Waals surface area (Å²) in [4.78, 5) is 4.91. The number of benzene rings is 1. The first kappa shape index (κ1) is 17.0. The standard InChI is InChI=1S/C17H24N4O2S/c1-18-24(22,23)17-8-4-3-7-16(17)21-12-10-20(11-13-21)14-15-6-5-9-19(15)2/h3-9,18H,10-14H2,1-2H3. The number of hydrogen-bond acceptors (Lipinski definition) is 4. The van der Waals surface area contributed by atoms with Crippen LogP contribution in [0.15, 0.2) is 47.5 Å². The van der Waals surface area contributed by atoms with Crippen LogP contribution in [-0.2, 0) is 23.6 Å². The highest BCUT2D eigenvalue weighted by molar-refractivity contribution is 7.89. The summed E-state index contributed by atoms with van der Waals surface area (Å²) in [7, 11) is 0.0613. The molecule has 7 heteroatoms. The number of aromatic nitrogens is 1. The highest BCUT2D eigenvalue weighted by Crippen LogP contribution is 2.26. The van der Waals surface area contributed by atoms with Gasteiger partial charge in [0.2, 0.25) is 10.0 Å². The van der Waals surface area contributed by atoms with Crippen molar-refractivity contribution < 1.29 is 8.42 Å². The maximum absolute atomic E-state index is 12.2. The maximum Gasteiger partial charge on any atom is 0.242 e. The minimum absolute atomic E-state index is 0.350. The molecule has 0 unspecified atom stereocenters. The van der Waals surface area contributed by atoms with Gasteiger partial charge in [0.25, 0.3) is 0 Å². The van der Waals surface area contributed by atoms with E-state index in [0.29, 0.717) is 4.90 Å². The first-order chi connectivity index (χ1) is 11.5. The number of para-hydroxylation sites is 1. The van der Waals surface area contributed by atoms with Crippen molar-refractivity contribution in [2.24, 2.45) is 7.05 Å². The molecule has 0 radical (unpaired) electrons. The SMILES string of the molecule is CNS(=O)(=O)c1ccccc1N1CCN(Cc2cccn2C)CC1. The van der Waals surface area contributed by atoms with Crippen LogP contribution in [0, 0.1) is 0 Å². The van der Waals surface area contributed by atoms with Crippen molar-refractivity contribution in [3.63, 3.8) is 0 Å². The van der Waals surface area contributed by atoms with Gasteiger partial charge in [-0.15, -0.1) is 0 Å². The highest BCUT2D eigenvalue weighted by atomic mass is 32.2. The molecular formula is C17H24N4O2S. The van der Waals surface area contributed by atoms with Gasteiger partial charge in [0.15, 0.2) is 0 Å². The summed E-state index contributed by atoms with van der Waals surface area (Å²) in [5.74, 6) is 0. The molecule has 130 valence electrons. The number of rotatable bonds is 5. The van der Waals surface area contributed by atoms with Crippen LogP contribution in [0.5, 0.6) is 0 Å². The summed E-state index contributed by atoms with van der Waals surface area (Å²) >= 11 is 0. The molecule has 0 saturated carbocycles. The Balaban J connectivity index is 1.70. The van der Waals surface area contributed by atoms with Gasteiger partial charge in [-0.3, -0.25) is 4.90 Å². The van der Waals surface area contributed by atoms with E-state index < -0.39 is 10.0 Å². The Hall–Kier alpha value is -1.83. The Labute approximate surface area is 143 Å². The molecule has 0 amide bonds. The largest absolute Gasteiger partial charge is 0.368 e. The molecule has 2 heterocycles. The van der Waals surface area contributed by atoms with Gasteiger partial charge in [-0.2, -0.15) is 0 Å². The van der Waals surface area contributed by atoms with E-state index in [2.05, 4.69) is 44.5 Å². The maximum atomic E-state index is 12.2. The summed E-state index contributed by atoms with van der Waals surface area (Å²) in [6.45, 7) is 4.40. The van der Waals surface area contributed by atoms with E-state index in [4.69, 9.17) is 0 Å². The molecule has 3 rings (SSSR count). The first-order valence-electron chi connectivity index (χ1n) is 8.11. The lowest BCUT2D eigenvalue weighted by atomic mass is 10.2. The van der Waals surface area contributed by atoms with E-state index in [1.54, 1.807) is 12.1 Å². The molecule has 0 bridgehead atoms. The lowest BCUT2D eigenvalue weighted by molar-refractivity contribution is 0.244. The van der Waals surface area contributed by atoms with Crippen molar-refractivity contribution in [3.8, 4) is 0 Å². The zero-order valence-corrected chi connectivity index (χ0v) is 15.0. The average molecular weight is 348 g/mol. The van der Waals surface area contributed by atoms with Gasteiger partial charge in [0.1, 0.15) is 4.90 Å². The Kier molecular flexibility index (Phi) is 4.93. The van der Waals surface area contributed by atoms with Gasteiger partial charge in [-0.1, -0.05) is 12.1 Å². The molecule has 1 aliphatic rings. The normalized spacial score (nSPS) is 16.5. The number of piperazine rings is 1. The van der Waals surface area contributed by atoms with Crippen molar-refractivity contribution >= 4 is 15.7 Å². The van der Waals surface area contributed by atoms with Crippen LogP contribution in [0.25, 0.3) is 0 Å². The number of nitrogens with one attached hydrogen (secondary N) is 1. The predicted octanol–water partition coefficient (Wildman–Crippen LogP) is 1.26. The smallest absolute Gasteiger partial charge is 0.242 e. The van der Waals surface area contributed by atoms with Crippen molar-refractivity contribution in [2.45, 2.75) is 11.4 Å². The molecule has 1 aromatic heterocycles. The second-order valence-corrected chi connectivity index (χ2v) is 7.90. The minimum Gasteiger partial charge on any atom is -0.368 e. The number of aryl methyl sites for hydroxylation is 1. The van der Waals surface area contributed by atoms with Crippen LogP contribution in [-0.4, -0.2) is 51.1 Å². The van der Waals surface area contributed by atoms with Crippen LogP contribution < -0.4 is 9.62 Å². The second kappa shape index (κ2) is 6.96. The van der Waals surface area contributed by atoms with Crippen LogP contribution in [0.1, 0.15) is 5.69 Å². The number of hydrogen-bond donors (Lipinski definition) is 1. The predicted molar refractivity (Wildman–Crippen MR) is 95.6 cm³/mol. The fourth-order valence-corrected chi connectivity index (χ4v) is 4.04. The quantitative estimate of drug-likeness (QED) is 0.884. The van der Waals surface area contributed by atoms with E-state index in [0.717, 1.165) is 38.4 Å². The van der Waals surface area contributed by atoms with Gasteiger partial charge in [0, 0.05) is 51.7 Å². The molecule has 6 nitrogen and oxygen atoms in total. The van der Waals surface area contributed by atoms with Gasteiger partial charge in [0.05, 0.1) is 5.69 Å². The monoisotopic (exact) mass is 348 g/mol. The molecule has 1 aromatic carbocycles. The van der Waals surface area contributed by atoms with Gasteiger partial charge in [-0.05, 0) is 31.3 Å². The van der Waals surface area contributed by atoms with Crippen molar-refractivity contribution in [3.05, 3.63) is 48.3 Å². The fraction of sp³-hybridized carbons (Fsp3) is 0.412. The summed E-state index contributed by atoms with van der Waals surface area (Å²) < 4.78 is 29.0. The summed E-state index contributed by atoms with van der Waals surface area (Å²) in [6.07, 6.45) is 2.06. The van der Waals surface area contributed by atoms with Crippen molar-refractivity contribution in [2.75, 3.05) is 38.1 Å². The molecule has 1 fully saturated rings. The zero-order chi connectivity index (χ0) is 17.2. The third-order valence-electron chi connectivity index (χ3n) is 4.57. The molecular weight excluding hydrogens is 324 g/mol. The van der Waals surface area contributed by atoms with Gasteiger partial charge >= 0.3 is 0 Å². The van der Waals surface area contributed by atoms with Crippen LogP contribution in [0.2, 0.25) is 0 Å². The lowest BCUT2D eigenvalue weighted by Gasteiger charge is -2.36. The molecule has 1 aliphatic heterocycles. The Bertz CT molecular complexity index is 792. The van der Waals surface area contributed by atoms with Crippen LogP contribution >= 0.6 is 0 Å². The van der Waals surface area contributed by atoms with Crippen molar-refractivity contribution in [1.82, 2.24) is 14.2 Å². The number of nitrogens with zero attached hydrogens (tertiary/aromatic N) is 3. The molecule has 0 aliphatic carbocycles. The van der Waals surface area contributed by atoms with E-state index in [-0.39, 0.29) is 0 Å². The fourth-order valence-electron chi connectivity index (χ4n) is 3.09. The Morgan fingerprint density at radius 2 is 1.75 bits per heavy atom. The summed E-state index contributed by atoms with van der Waals surface area (Å²) in [6, 6.07) is 11.4. The lowest BCUT2D eigenvalue weighted by Crippen LogP contribution is -2.46. The topological polar surface area (TPSA) is 57.6 Å². The van der Waals surface area contributed by atoms with Gasteiger partial charge in [-0.25, -0.2) is 13.1 Å². The number of sulfonamides is 1. The first-order valence-corrected chi connectivity index (χ1v) is 9.59. The molecule has 0 spiro atoms. The van der Waals surface area contributed by atoms with Crippen LogP contribution in [0.4, 0.5) is 5.69 Å². The average Bonchev–Trinajstić information content (AvgIpc) is 3.00. The van der Waals surface area contributed by atoms with Crippen LogP contribution in [0.3, 0.4) is 0 Å². The van der Waals surface area contributed by atoms with E-state index in [1.807, 2.05) is 12.1 Å². The molecule has 1 saturated heterocycles. The Morgan fingerprint density at radius 3 is 2.38 bits per heavy atom. The zero-order valence-electron chi connectivity index (χ0n) is 14.1. The Morgan fingerprint density at radius 1 is 1.04 bits per heavy atom. The van der Waals surface area contributed by atoms with E-state index in [9.17, 15) is 8.42 Å². The molecule has 1 N–H and O–H groups in total. The number of anilines is 1. The molecule has 0 atom stereocenters. The summed E-state index contributed by atoms with van der Waals surface area (Å²) in [5.41, 5.74) is 2.08. The third kappa shape index (κ3) is 3.48. The third-order valence-corrected chi connectivity index (χ3v) is 6.04. The van der Waals surface area contributed by atoms with E-state index in [1.165, 1.54) is 12.7 Å².